The maximum Gasteiger partial charge on any atom is 0.159 e. The molecule has 3 nitrogen and oxygen atoms in total. The van der Waals surface area contributed by atoms with E-state index in [2.05, 4.69) is 9.97 Å². The van der Waals surface area contributed by atoms with E-state index in [1.54, 1.807) is 19.3 Å². The summed E-state index contributed by atoms with van der Waals surface area (Å²) in [6.45, 7) is 3.59. The van der Waals surface area contributed by atoms with E-state index in [-0.39, 0.29) is 5.78 Å². The maximum absolute atomic E-state index is 11.0. The number of carbonyl (C=O) groups excluding carboxylic acids is 1. The molecule has 0 aliphatic carbocycles. The summed E-state index contributed by atoms with van der Waals surface area (Å²) in [6, 6.07) is 7.98. The molecule has 0 fully saturated rings. The standard InChI is InChI=1S/C14H14N2O/c1-10-5-3-4-6-13(10)14-15-8-12(9-16-14)7-11(2)17/h3-6,8-9H,7H2,1-2H3. The molecule has 0 saturated carbocycles. The van der Waals surface area contributed by atoms with E-state index in [1.165, 1.54) is 0 Å². The molecule has 0 bridgehead atoms. The zero-order chi connectivity index (χ0) is 12.3. The highest BCUT2D eigenvalue weighted by atomic mass is 16.1. The highest BCUT2D eigenvalue weighted by Crippen LogP contribution is 2.18. The number of nitrogens with zero attached hydrogens (tertiary/aromatic N) is 2. The summed E-state index contributed by atoms with van der Waals surface area (Å²) in [7, 11) is 0. The van der Waals surface area contributed by atoms with E-state index in [1.807, 2.05) is 31.2 Å². The van der Waals surface area contributed by atoms with Gasteiger partial charge in [0.25, 0.3) is 0 Å². The Balaban J connectivity index is 2.30. The lowest BCUT2D eigenvalue weighted by Gasteiger charge is -2.04. The third-order valence-corrected chi connectivity index (χ3v) is 2.54. The lowest BCUT2D eigenvalue weighted by molar-refractivity contribution is -0.116. The Morgan fingerprint density at radius 2 is 1.82 bits per heavy atom. The van der Waals surface area contributed by atoms with Crippen LogP contribution in [-0.2, 0) is 11.2 Å². The molecule has 1 aromatic carbocycles. The van der Waals surface area contributed by atoms with Gasteiger partial charge in [0.15, 0.2) is 5.82 Å². The molecule has 86 valence electrons. The number of carbonyl (C=O) groups is 1. The van der Waals surface area contributed by atoms with Crippen molar-refractivity contribution in [2.45, 2.75) is 20.3 Å². The molecular formula is C14H14N2O. The van der Waals surface area contributed by atoms with Gasteiger partial charge in [0.1, 0.15) is 5.78 Å². The molecule has 0 N–H and O–H groups in total. The van der Waals surface area contributed by atoms with E-state index >= 15 is 0 Å². The van der Waals surface area contributed by atoms with Crippen LogP contribution in [0.25, 0.3) is 11.4 Å². The Kier molecular flexibility index (Phi) is 3.28. The van der Waals surface area contributed by atoms with Gasteiger partial charge in [0.2, 0.25) is 0 Å². The third kappa shape index (κ3) is 2.75. The molecule has 2 aromatic rings. The number of aryl methyl sites for hydroxylation is 1. The molecular weight excluding hydrogens is 212 g/mol. The Bertz CT molecular complexity index is 532. The molecule has 0 aliphatic heterocycles. The van der Waals surface area contributed by atoms with Crippen LogP contribution in [0.1, 0.15) is 18.1 Å². The van der Waals surface area contributed by atoms with Gasteiger partial charge in [0, 0.05) is 24.4 Å². The van der Waals surface area contributed by atoms with Gasteiger partial charge in [-0.05, 0) is 25.0 Å². The van der Waals surface area contributed by atoms with Gasteiger partial charge in [-0.1, -0.05) is 24.3 Å². The normalized spacial score (nSPS) is 10.2. The Hall–Kier alpha value is -2.03. The number of rotatable bonds is 3. The summed E-state index contributed by atoms with van der Waals surface area (Å²) in [5, 5.41) is 0. The van der Waals surface area contributed by atoms with Crippen LogP contribution in [0.5, 0.6) is 0 Å². The van der Waals surface area contributed by atoms with Crippen LogP contribution in [-0.4, -0.2) is 15.8 Å². The van der Waals surface area contributed by atoms with Crippen molar-refractivity contribution in [3.8, 4) is 11.4 Å². The SMILES string of the molecule is CC(=O)Cc1cnc(-c2ccccc2C)nc1. The zero-order valence-corrected chi connectivity index (χ0v) is 9.97. The molecule has 0 amide bonds. The summed E-state index contributed by atoms with van der Waals surface area (Å²) in [5.41, 5.74) is 3.03. The number of Topliss-reactive ketones (excluding diaryl/α,β-unsaturated/α-hetero) is 1. The summed E-state index contributed by atoms with van der Waals surface area (Å²) in [4.78, 5) is 19.6. The van der Waals surface area contributed by atoms with Crippen LogP contribution in [0.3, 0.4) is 0 Å². The minimum atomic E-state index is 0.122. The lowest BCUT2D eigenvalue weighted by atomic mass is 10.1. The van der Waals surface area contributed by atoms with Crippen LogP contribution in [0.4, 0.5) is 0 Å². The van der Waals surface area contributed by atoms with Crippen molar-refractivity contribution in [1.82, 2.24) is 9.97 Å². The van der Waals surface area contributed by atoms with Gasteiger partial charge < -0.3 is 0 Å². The number of benzene rings is 1. The summed E-state index contributed by atoms with van der Waals surface area (Å²) < 4.78 is 0. The van der Waals surface area contributed by atoms with E-state index in [4.69, 9.17) is 0 Å². The fourth-order valence-corrected chi connectivity index (χ4v) is 1.70. The van der Waals surface area contributed by atoms with Crippen LogP contribution in [0.15, 0.2) is 36.7 Å². The topological polar surface area (TPSA) is 42.9 Å². The Morgan fingerprint density at radius 1 is 1.18 bits per heavy atom. The second-order valence-electron chi connectivity index (χ2n) is 4.11. The van der Waals surface area contributed by atoms with Gasteiger partial charge in [-0.25, -0.2) is 9.97 Å². The van der Waals surface area contributed by atoms with Gasteiger partial charge in [-0.2, -0.15) is 0 Å². The molecule has 17 heavy (non-hydrogen) atoms. The van der Waals surface area contributed by atoms with Gasteiger partial charge >= 0.3 is 0 Å². The quantitative estimate of drug-likeness (QED) is 0.807. The second-order valence-corrected chi connectivity index (χ2v) is 4.11. The first-order chi connectivity index (χ1) is 8.16. The largest absolute Gasteiger partial charge is 0.300 e. The van der Waals surface area contributed by atoms with Crippen LogP contribution >= 0.6 is 0 Å². The fraction of sp³-hybridized carbons (Fsp3) is 0.214. The van der Waals surface area contributed by atoms with E-state index < -0.39 is 0 Å². The molecule has 0 unspecified atom stereocenters. The van der Waals surface area contributed by atoms with Crippen molar-refractivity contribution in [3.05, 3.63) is 47.8 Å². The summed E-state index contributed by atoms with van der Waals surface area (Å²) in [6.07, 6.45) is 3.83. The van der Waals surface area contributed by atoms with Crippen LogP contribution in [0.2, 0.25) is 0 Å². The van der Waals surface area contributed by atoms with Crippen LogP contribution < -0.4 is 0 Å². The van der Waals surface area contributed by atoms with Crippen molar-refractivity contribution in [1.29, 1.82) is 0 Å². The first kappa shape index (κ1) is 11.5. The number of hydrogen-bond donors (Lipinski definition) is 0. The van der Waals surface area contributed by atoms with Crippen molar-refractivity contribution in [3.63, 3.8) is 0 Å². The molecule has 0 atom stereocenters. The number of aromatic nitrogens is 2. The Labute approximate surface area is 101 Å². The lowest BCUT2D eigenvalue weighted by Crippen LogP contribution is -1.99. The average Bonchev–Trinajstić information content (AvgIpc) is 2.30. The van der Waals surface area contributed by atoms with E-state index in [9.17, 15) is 4.79 Å². The molecule has 3 heteroatoms. The smallest absolute Gasteiger partial charge is 0.159 e. The van der Waals surface area contributed by atoms with Crippen molar-refractivity contribution < 1.29 is 4.79 Å². The average molecular weight is 226 g/mol. The minimum Gasteiger partial charge on any atom is -0.300 e. The molecule has 0 spiro atoms. The summed E-state index contributed by atoms with van der Waals surface area (Å²) >= 11 is 0. The monoisotopic (exact) mass is 226 g/mol. The zero-order valence-electron chi connectivity index (χ0n) is 9.97. The molecule has 1 aromatic heterocycles. The minimum absolute atomic E-state index is 0.122. The molecule has 0 radical (unpaired) electrons. The van der Waals surface area contributed by atoms with Gasteiger partial charge in [0.05, 0.1) is 0 Å². The van der Waals surface area contributed by atoms with Crippen LogP contribution in [0, 0.1) is 6.92 Å². The van der Waals surface area contributed by atoms with E-state index in [0.717, 1.165) is 16.7 Å². The third-order valence-electron chi connectivity index (χ3n) is 2.54. The van der Waals surface area contributed by atoms with Crippen molar-refractivity contribution in [2.24, 2.45) is 0 Å². The predicted octanol–water partition coefficient (Wildman–Crippen LogP) is 2.58. The second kappa shape index (κ2) is 4.87. The molecule has 2 rings (SSSR count). The highest BCUT2D eigenvalue weighted by Gasteiger charge is 2.04. The van der Waals surface area contributed by atoms with Gasteiger partial charge in [-0.15, -0.1) is 0 Å². The van der Waals surface area contributed by atoms with E-state index in [0.29, 0.717) is 12.2 Å². The first-order valence-corrected chi connectivity index (χ1v) is 5.53. The fourth-order valence-electron chi connectivity index (χ4n) is 1.70. The number of hydrogen-bond acceptors (Lipinski definition) is 3. The van der Waals surface area contributed by atoms with Crippen molar-refractivity contribution in [2.75, 3.05) is 0 Å². The predicted molar refractivity (Wildman–Crippen MR) is 66.6 cm³/mol. The first-order valence-electron chi connectivity index (χ1n) is 5.53. The maximum atomic E-state index is 11.0. The molecule has 0 aliphatic rings. The molecule has 1 heterocycles. The number of ketones is 1. The summed E-state index contributed by atoms with van der Waals surface area (Å²) in [5.74, 6) is 0.827. The van der Waals surface area contributed by atoms with Gasteiger partial charge in [-0.3, -0.25) is 4.79 Å². The highest BCUT2D eigenvalue weighted by molar-refractivity contribution is 5.78. The molecule has 0 saturated heterocycles. The Morgan fingerprint density at radius 3 is 2.41 bits per heavy atom. The van der Waals surface area contributed by atoms with Crippen molar-refractivity contribution >= 4 is 5.78 Å².